The monoisotopic (exact) mass is 438 g/mol. The summed E-state index contributed by atoms with van der Waals surface area (Å²) in [7, 11) is 0. The zero-order chi connectivity index (χ0) is 23.5. The van der Waals surface area contributed by atoms with Crippen molar-refractivity contribution in [2.75, 3.05) is 13.2 Å². The standard InChI is InChI=1S/C22H22N4O6/c1-15(27)31-11-9-18(10-12-32-16(2)28)17-3-5-20(6-4-17)24-25-22-8-7-21(26(29)30)13-19(22)14-23/h3-8,13,18H,9-12H2,1-2H3. The molecule has 0 aliphatic carbocycles. The fraction of sp³-hybridized carbons (Fsp3) is 0.318. The predicted molar refractivity (Wildman–Crippen MR) is 114 cm³/mol. The summed E-state index contributed by atoms with van der Waals surface area (Å²) in [6, 6.07) is 12.8. The van der Waals surface area contributed by atoms with Crippen LogP contribution in [0.2, 0.25) is 0 Å². The number of ether oxygens (including phenoxy) is 2. The number of hydrogen-bond acceptors (Lipinski definition) is 9. The van der Waals surface area contributed by atoms with Crippen molar-refractivity contribution < 1.29 is 24.0 Å². The summed E-state index contributed by atoms with van der Waals surface area (Å²) in [5.74, 6) is -0.718. The van der Waals surface area contributed by atoms with Crippen LogP contribution in [-0.2, 0) is 19.1 Å². The molecule has 0 aliphatic rings. The van der Waals surface area contributed by atoms with Crippen LogP contribution in [0.3, 0.4) is 0 Å². The van der Waals surface area contributed by atoms with Gasteiger partial charge < -0.3 is 9.47 Å². The van der Waals surface area contributed by atoms with Gasteiger partial charge in [-0.1, -0.05) is 12.1 Å². The number of carbonyl (C=O) groups is 2. The average Bonchev–Trinajstić information content (AvgIpc) is 2.76. The maximum Gasteiger partial charge on any atom is 0.302 e. The number of rotatable bonds is 10. The van der Waals surface area contributed by atoms with Crippen LogP contribution in [0.25, 0.3) is 0 Å². The van der Waals surface area contributed by atoms with E-state index in [9.17, 15) is 25.0 Å². The highest BCUT2D eigenvalue weighted by atomic mass is 16.6. The minimum Gasteiger partial charge on any atom is -0.466 e. The van der Waals surface area contributed by atoms with E-state index in [-0.39, 0.29) is 48.0 Å². The molecule has 2 rings (SSSR count). The van der Waals surface area contributed by atoms with Crippen LogP contribution >= 0.6 is 0 Å². The second kappa shape index (κ2) is 11.9. The Labute approximate surface area is 184 Å². The maximum atomic E-state index is 11.0. The summed E-state index contributed by atoms with van der Waals surface area (Å²) >= 11 is 0. The van der Waals surface area contributed by atoms with Crippen LogP contribution in [-0.4, -0.2) is 30.1 Å². The fourth-order valence-corrected chi connectivity index (χ4v) is 2.91. The van der Waals surface area contributed by atoms with Crippen LogP contribution in [0, 0.1) is 21.4 Å². The molecule has 10 nitrogen and oxygen atoms in total. The molecule has 166 valence electrons. The number of nitrogens with zero attached hydrogens (tertiary/aromatic N) is 4. The van der Waals surface area contributed by atoms with Crippen molar-refractivity contribution in [3.05, 3.63) is 63.7 Å². The quantitative estimate of drug-likeness (QED) is 0.223. The largest absolute Gasteiger partial charge is 0.466 e. The molecule has 0 heterocycles. The van der Waals surface area contributed by atoms with Gasteiger partial charge in [-0.05, 0) is 42.5 Å². The Morgan fingerprint density at radius 3 is 2.12 bits per heavy atom. The van der Waals surface area contributed by atoms with Gasteiger partial charge in [0.25, 0.3) is 5.69 Å². The third-order valence-electron chi connectivity index (χ3n) is 4.49. The molecular weight excluding hydrogens is 416 g/mol. The number of azo groups is 1. The van der Waals surface area contributed by atoms with Crippen LogP contribution < -0.4 is 0 Å². The lowest BCUT2D eigenvalue weighted by Crippen LogP contribution is -2.10. The number of hydrogen-bond donors (Lipinski definition) is 0. The molecule has 32 heavy (non-hydrogen) atoms. The normalized spacial score (nSPS) is 10.7. The summed E-state index contributed by atoms with van der Waals surface area (Å²) in [6.07, 6.45) is 1.13. The van der Waals surface area contributed by atoms with Gasteiger partial charge in [0.15, 0.2) is 0 Å². The summed E-state index contributed by atoms with van der Waals surface area (Å²) in [6.45, 7) is 3.18. The minimum absolute atomic E-state index is 0.000414. The van der Waals surface area contributed by atoms with Crippen molar-refractivity contribution in [3.8, 4) is 6.07 Å². The number of carbonyl (C=O) groups excluding carboxylic acids is 2. The van der Waals surface area contributed by atoms with Crippen LogP contribution in [0.5, 0.6) is 0 Å². The Morgan fingerprint density at radius 1 is 1.03 bits per heavy atom. The van der Waals surface area contributed by atoms with Gasteiger partial charge in [-0.15, -0.1) is 5.11 Å². The van der Waals surface area contributed by atoms with E-state index in [1.54, 1.807) is 12.1 Å². The van der Waals surface area contributed by atoms with E-state index < -0.39 is 4.92 Å². The van der Waals surface area contributed by atoms with Crippen molar-refractivity contribution in [2.24, 2.45) is 10.2 Å². The summed E-state index contributed by atoms with van der Waals surface area (Å²) in [5, 5.41) is 28.2. The first-order valence-corrected chi connectivity index (χ1v) is 9.77. The van der Waals surface area contributed by atoms with E-state index in [0.717, 1.165) is 11.6 Å². The van der Waals surface area contributed by atoms with E-state index in [4.69, 9.17) is 9.47 Å². The molecule has 10 heteroatoms. The van der Waals surface area contributed by atoms with E-state index in [2.05, 4.69) is 10.2 Å². The Kier molecular flexibility index (Phi) is 8.98. The van der Waals surface area contributed by atoms with Gasteiger partial charge in [-0.2, -0.15) is 10.4 Å². The van der Waals surface area contributed by atoms with E-state index in [1.807, 2.05) is 18.2 Å². The van der Waals surface area contributed by atoms with Gasteiger partial charge in [-0.25, -0.2) is 0 Å². The predicted octanol–water partition coefficient (Wildman–Crippen LogP) is 4.87. The van der Waals surface area contributed by atoms with Crippen molar-refractivity contribution in [3.63, 3.8) is 0 Å². The number of benzene rings is 2. The lowest BCUT2D eigenvalue weighted by Gasteiger charge is -2.17. The number of nitro groups is 1. The Morgan fingerprint density at radius 2 is 1.62 bits per heavy atom. The second-order valence-electron chi connectivity index (χ2n) is 6.82. The van der Waals surface area contributed by atoms with Gasteiger partial charge >= 0.3 is 11.9 Å². The van der Waals surface area contributed by atoms with Crippen LogP contribution in [0.15, 0.2) is 52.7 Å². The van der Waals surface area contributed by atoms with Crippen molar-refractivity contribution >= 4 is 29.0 Å². The smallest absolute Gasteiger partial charge is 0.302 e. The van der Waals surface area contributed by atoms with Gasteiger partial charge in [0, 0.05) is 26.0 Å². The van der Waals surface area contributed by atoms with Crippen LogP contribution in [0.1, 0.15) is 43.7 Å². The molecule has 0 spiro atoms. The van der Waals surface area contributed by atoms with Gasteiger partial charge in [0.2, 0.25) is 0 Å². The highest BCUT2D eigenvalue weighted by Gasteiger charge is 2.14. The van der Waals surface area contributed by atoms with E-state index in [0.29, 0.717) is 18.5 Å². The first-order valence-electron chi connectivity index (χ1n) is 9.77. The van der Waals surface area contributed by atoms with E-state index in [1.165, 1.54) is 26.0 Å². The molecule has 0 aromatic heterocycles. The number of nitro benzene ring substituents is 1. The molecule has 0 atom stereocenters. The topological polar surface area (TPSA) is 144 Å². The van der Waals surface area contributed by atoms with Crippen molar-refractivity contribution in [2.45, 2.75) is 32.6 Å². The third-order valence-corrected chi connectivity index (χ3v) is 4.49. The maximum absolute atomic E-state index is 11.0. The SMILES string of the molecule is CC(=O)OCCC(CCOC(C)=O)c1ccc(N=Nc2ccc([N+](=O)[O-])cc2C#N)cc1. The lowest BCUT2D eigenvalue weighted by atomic mass is 9.93. The zero-order valence-electron chi connectivity index (χ0n) is 17.7. The number of esters is 2. The molecular formula is C22H22N4O6. The zero-order valence-corrected chi connectivity index (χ0v) is 17.7. The minimum atomic E-state index is -0.584. The molecule has 0 radical (unpaired) electrons. The highest BCUT2D eigenvalue weighted by Crippen LogP contribution is 2.28. The molecule has 0 aliphatic heterocycles. The molecule has 2 aromatic carbocycles. The molecule has 0 unspecified atom stereocenters. The van der Waals surface area contributed by atoms with E-state index >= 15 is 0 Å². The highest BCUT2D eigenvalue weighted by molar-refractivity contribution is 5.66. The average molecular weight is 438 g/mol. The van der Waals surface area contributed by atoms with Gasteiger partial charge in [0.1, 0.15) is 11.8 Å². The summed E-state index contributed by atoms with van der Waals surface area (Å²) in [5.41, 5.74) is 1.56. The molecule has 0 N–H and O–H groups in total. The number of nitriles is 1. The summed E-state index contributed by atoms with van der Waals surface area (Å²) < 4.78 is 10.1. The fourth-order valence-electron chi connectivity index (χ4n) is 2.91. The molecule has 0 bridgehead atoms. The van der Waals surface area contributed by atoms with Crippen molar-refractivity contribution in [1.29, 1.82) is 5.26 Å². The van der Waals surface area contributed by atoms with Crippen LogP contribution in [0.4, 0.5) is 17.1 Å². The molecule has 0 amide bonds. The Hall–Kier alpha value is -4.13. The summed E-state index contributed by atoms with van der Waals surface area (Å²) in [4.78, 5) is 32.3. The lowest BCUT2D eigenvalue weighted by molar-refractivity contribution is -0.384. The number of non-ortho nitro benzene ring substituents is 1. The Bertz CT molecular complexity index is 1020. The molecule has 0 fully saturated rings. The molecule has 0 saturated carbocycles. The first-order chi connectivity index (χ1) is 15.3. The first kappa shape index (κ1) is 24.1. The second-order valence-corrected chi connectivity index (χ2v) is 6.82. The molecule has 0 saturated heterocycles. The molecule has 2 aromatic rings. The van der Waals surface area contributed by atoms with Crippen molar-refractivity contribution in [1.82, 2.24) is 0 Å². The van der Waals surface area contributed by atoms with Gasteiger partial charge in [-0.3, -0.25) is 19.7 Å². The third kappa shape index (κ3) is 7.60. The Balaban J connectivity index is 2.13. The van der Waals surface area contributed by atoms with Gasteiger partial charge in [0.05, 0.1) is 29.4 Å².